The van der Waals surface area contributed by atoms with Crippen molar-refractivity contribution in [2.75, 3.05) is 5.01 Å². The Hall–Kier alpha value is -2.85. The molecule has 2 rings (SSSR count). The fourth-order valence-corrected chi connectivity index (χ4v) is 4.89. The van der Waals surface area contributed by atoms with Gasteiger partial charge in [-0.05, 0) is 43.1 Å². The van der Waals surface area contributed by atoms with Crippen LogP contribution >= 0.6 is 0 Å². The van der Waals surface area contributed by atoms with Crippen molar-refractivity contribution in [2.45, 2.75) is 92.7 Å². The van der Waals surface area contributed by atoms with Gasteiger partial charge in [-0.15, -0.1) is 0 Å². The number of para-hydroxylation sites is 1. The van der Waals surface area contributed by atoms with Crippen molar-refractivity contribution in [3.63, 3.8) is 0 Å². The number of imide groups is 1. The van der Waals surface area contributed by atoms with Gasteiger partial charge >= 0.3 is 5.97 Å². The van der Waals surface area contributed by atoms with Gasteiger partial charge in [0.15, 0.2) is 20.2 Å². The second-order valence-corrected chi connectivity index (χ2v) is 16.3. The first-order valence-corrected chi connectivity index (χ1v) is 15.6. The summed E-state index contributed by atoms with van der Waals surface area (Å²) in [6.45, 7) is 20.2. The van der Waals surface area contributed by atoms with Gasteiger partial charge in [-0.25, -0.2) is 4.98 Å². The molecule has 9 nitrogen and oxygen atoms in total. The average Bonchev–Trinajstić information content (AvgIpc) is 2.77. The Balaban J connectivity index is 2.96. The topological polar surface area (TPSA) is 108 Å². The molecule has 0 aliphatic rings. The molecule has 0 saturated heterocycles. The van der Waals surface area contributed by atoms with E-state index in [-0.39, 0.29) is 22.2 Å². The average molecular weight is 532 g/mol. The Morgan fingerprint density at radius 2 is 1.57 bits per heavy atom. The Labute approximate surface area is 220 Å². The highest BCUT2D eigenvalue weighted by atomic mass is 28.4. The monoisotopic (exact) mass is 531 g/mol. The zero-order valence-electron chi connectivity index (χ0n) is 23.9. The molecule has 0 aliphatic heterocycles. The highest BCUT2D eigenvalue weighted by Gasteiger charge is 2.43. The quantitative estimate of drug-likeness (QED) is 0.358. The molecule has 1 aromatic carbocycles. The molecule has 0 radical (unpaired) electrons. The lowest BCUT2D eigenvalue weighted by Crippen LogP contribution is -2.57. The minimum atomic E-state index is -2.39. The van der Waals surface area contributed by atoms with Crippen LogP contribution in [0.2, 0.25) is 18.1 Å². The summed E-state index contributed by atoms with van der Waals surface area (Å²) in [6, 6.07) is 6.78. The second-order valence-electron chi connectivity index (χ2n) is 11.5. The van der Waals surface area contributed by atoms with Crippen LogP contribution in [0.5, 0.6) is 0 Å². The highest BCUT2D eigenvalue weighted by Crippen LogP contribution is 2.41. The van der Waals surface area contributed by atoms with Crippen LogP contribution < -0.4 is 10.6 Å². The standard InChI is InChI=1S/C27H41N3O6Si/c1-16(2)22(36-37(10,11)27(7,8)9)23-28-21-15-13-12-14-20(21)26(34)29(23)30(24(32)17(3)4)25(33)18(5)35-19(6)31/h12-18,22H,1-11H3/t18-,22+/m1/s1. The van der Waals surface area contributed by atoms with Crippen LogP contribution in [0.4, 0.5) is 0 Å². The summed E-state index contributed by atoms with van der Waals surface area (Å²) >= 11 is 0. The van der Waals surface area contributed by atoms with Crippen molar-refractivity contribution in [2.24, 2.45) is 11.8 Å². The van der Waals surface area contributed by atoms with E-state index in [2.05, 4.69) is 33.9 Å². The first-order valence-electron chi connectivity index (χ1n) is 12.7. The Bertz CT molecular complexity index is 1230. The van der Waals surface area contributed by atoms with E-state index in [1.807, 2.05) is 13.8 Å². The van der Waals surface area contributed by atoms with Crippen molar-refractivity contribution in [1.29, 1.82) is 0 Å². The van der Waals surface area contributed by atoms with Crippen LogP contribution in [-0.2, 0) is 23.5 Å². The summed E-state index contributed by atoms with van der Waals surface area (Å²) in [5.41, 5.74) is -0.150. The smallest absolute Gasteiger partial charge is 0.303 e. The number of aromatic nitrogens is 2. The van der Waals surface area contributed by atoms with Crippen molar-refractivity contribution < 1.29 is 23.5 Å². The number of benzene rings is 1. The van der Waals surface area contributed by atoms with Crippen LogP contribution in [0.1, 0.15) is 74.2 Å². The van der Waals surface area contributed by atoms with Gasteiger partial charge in [0, 0.05) is 12.8 Å². The number of ether oxygens (including phenoxy) is 1. The molecule has 10 heteroatoms. The molecule has 2 atom stereocenters. The Kier molecular flexibility index (Phi) is 9.25. The maximum absolute atomic E-state index is 14.0. The summed E-state index contributed by atoms with van der Waals surface area (Å²) in [7, 11) is -2.39. The fourth-order valence-electron chi connectivity index (χ4n) is 3.52. The van der Waals surface area contributed by atoms with E-state index in [0.717, 1.165) is 9.69 Å². The molecule has 1 aromatic heterocycles. The zero-order valence-corrected chi connectivity index (χ0v) is 24.9. The summed E-state index contributed by atoms with van der Waals surface area (Å²) in [4.78, 5) is 57.5. The van der Waals surface area contributed by atoms with E-state index in [4.69, 9.17) is 14.1 Å². The number of fused-ring (bicyclic) bond motifs is 1. The third kappa shape index (κ3) is 6.54. The number of esters is 1. The van der Waals surface area contributed by atoms with E-state index in [1.165, 1.54) is 13.8 Å². The van der Waals surface area contributed by atoms with Gasteiger partial charge < -0.3 is 9.16 Å². The molecule has 0 N–H and O–H groups in total. The maximum Gasteiger partial charge on any atom is 0.303 e. The molecular weight excluding hydrogens is 490 g/mol. The molecular formula is C27H41N3O6Si. The number of carbonyl (C=O) groups excluding carboxylic acids is 3. The highest BCUT2D eigenvalue weighted by molar-refractivity contribution is 6.74. The van der Waals surface area contributed by atoms with Crippen LogP contribution in [0, 0.1) is 11.8 Å². The molecule has 0 fully saturated rings. The Morgan fingerprint density at radius 3 is 2.05 bits per heavy atom. The van der Waals surface area contributed by atoms with Gasteiger partial charge in [-0.3, -0.25) is 19.2 Å². The number of hydrogen-bond donors (Lipinski definition) is 0. The van der Waals surface area contributed by atoms with Gasteiger partial charge in [-0.2, -0.15) is 9.69 Å². The number of amides is 2. The molecule has 1 heterocycles. The summed E-state index contributed by atoms with van der Waals surface area (Å²) < 4.78 is 12.9. The van der Waals surface area contributed by atoms with Crippen LogP contribution in [0.3, 0.4) is 0 Å². The number of hydrogen-bond acceptors (Lipinski definition) is 7. The van der Waals surface area contributed by atoms with Gasteiger partial charge in [0.25, 0.3) is 17.4 Å². The number of rotatable bonds is 8. The van der Waals surface area contributed by atoms with Gasteiger partial charge in [0.2, 0.25) is 0 Å². The number of nitrogens with zero attached hydrogens (tertiary/aromatic N) is 3. The zero-order chi connectivity index (χ0) is 28.5. The second kappa shape index (κ2) is 11.3. The normalized spacial score (nSPS) is 14.1. The summed E-state index contributed by atoms with van der Waals surface area (Å²) in [5.74, 6) is -2.78. The molecule has 0 aliphatic carbocycles. The van der Waals surface area contributed by atoms with Gasteiger partial charge in [-0.1, -0.05) is 60.6 Å². The summed E-state index contributed by atoms with van der Waals surface area (Å²) in [5, 5.41) is 0.880. The van der Waals surface area contributed by atoms with E-state index in [9.17, 15) is 19.2 Å². The first kappa shape index (κ1) is 30.4. The third-order valence-electron chi connectivity index (χ3n) is 6.67. The predicted octanol–water partition coefficient (Wildman–Crippen LogP) is 4.71. The fraction of sp³-hybridized carbons (Fsp3) is 0.593. The van der Waals surface area contributed by atoms with Crippen molar-refractivity contribution in [1.82, 2.24) is 9.66 Å². The lowest BCUT2D eigenvalue weighted by Gasteiger charge is -2.41. The van der Waals surface area contributed by atoms with Crippen molar-refractivity contribution in [3.05, 3.63) is 40.4 Å². The molecule has 0 unspecified atom stereocenters. The molecule has 37 heavy (non-hydrogen) atoms. The van der Waals surface area contributed by atoms with Crippen LogP contribution in [0.25, 0.3) is 10.9 Å². The minimum Gasteiger partial charge on any atom is -0.453 e. The lowest BCUT2D eigenvalue weighted by molar-refractivity contribution is -0.153. The van der Waals surface area contributed by atoms with Crippen molar-refractivity contribution in [3.8, 4) is 0 Å². The van der Waals surface area contributed by atoms with E-state index in [1.54, 1.807) is 38.1 Å². The predicted molar refractivity (Wildman–Crippen MR) is 146 cm³/mol. The molecule has 0 spiro atoms. The Morgan fingerprint density at radius 1 is 1.00 bits per heavy atom. The molecule has 2 amide bonds. The van der Waals surface area contributed by atoms with Gasteiger partial charge in [0.1, 0.15) is 6.10 Å². The SMILES string of the molecule is CC(=O)O[C@H](C)C(=O)N(C(=O)C(C)C)n1c([C@@H](O[Si](C)(C)C(C)(C)C)C(C)C)nc2ccccc2c1=O. The van der Waals surface area contributed by atoms with E-state index < -0.39 is 49.8 Å². The molecule has 0 saturated carbocycles. The lowest BCUT2D eigenvalue weighted by atomic mass is 10.1. The number of carbonyl (C=O) groups is 3. The van der Waals surface area contributed by atoms with Crippen LogP contribution in [0.15, 0.2) is 29.1 Å². The van der Waals surface area contributed by atoms with E-state index >= 15 is 0 Å². The molecule has 2 aromatic rings. The maximum atomic E-state index is 14.0. The summed E-state index contributed by atoms with van der Waals surface area (Å²) in [6.07, 6.45) is -2.00. The first-order chi connectivity index (χ1) is 16.9. The van der Waals surface area contributed by atoms with Gasteiger partial charge in [0.05, 0.1) is 10.9 Å². The largest absolute Gasteiger partial charge is 0.453 e. The molecule has 204 valence electrons. The van der Waals surface area contributed by atoms with Crippen LogP contribution in [-0.4, -0.2) is 41.9 Å². The molecule has 0 bridgehead atoms. The minimum absolute atomic E-state index is 0.144. The third-order valence-corrected chi connectivity index (χ3v) is 11.1. The van der Waals surface area contributed by atoms with Crippen molar-refractivity contribution >= 4 is 37.0 Å². The van der Waals surface area contributed by atoms with E-state index in [0.29, 0.717) is 5.52 Å².